The van der Waals surface area contributed by atoms with Crippen molar-refractivity contribution in [2.45, 2.75) is 6.54 Å². The summed E-state index contributed by atoms with van der Waals surface area (Å²) < 4.78 is 11.3. The first-order valence-electron chi connectivity index (χ1n) is 8.91. The van der Waals surface area contributed by atoms with Gasteiger partial charge in [0.15, 0.2) is 0 Å². The second kappa shape index (κ2) is 8.83. The first kappa shape index (κ1) is 18.4. The first-order chi connectivity index (χ1) is 12.6. The molecule has 0 atom stereocenters. The summed E-state index contributed by atoms with van der Waals surface area (Å²) in [6.07, 6.45) is 4.08. The summed E-state index contributed by atoms with van der Waals surface area (Å²) in [5.74, 6) is 1.77. The van der Waals surface area contributed by atoms with E-state index in [2.05, 4.69) is 41.0 Å². The van der Waals surface area contributed by atoms with Crippen LogP contribution in [0.5, 0.6) is 11.5 Å². The van der Waals surface area contributed by atoms with Gasteiger partial charge in [0.2, 0.25) is 0 Å². The van der Waals surface area contributed by atoms with Gasteiger partial charge < -0.3 is 14.4 Å². The summed E-state index contributed by atoms with van der Waals surface area (Å²) in [4.78, 5) is 9.10. The van der Waals surface area contributed by atoms with E-state index in [1.165, 1.54) is 5.57 Å². The molecule has 0 N–H and O–H groups in total. The van der Waals surface area contributed by atoms with Crippen LogP contribution < -0.4 is 9.47 Å². The first-order valence-corrected chi connectivity index (χ1v) is 8.91. The number of hydrogen-bond acceptors (Lipinski definition) is 5. The molecule has 138 valence electrons. The van der Waals surface area contributed by atoms with Crippen LogP contribution in [0, 0.1) is 0 Å². The molecule has 0 fully saturated rings. The van der Waals surface area contributed by atoms with Crippen LogP contribution in [0.1, 0.15) is 11.3 Å². The molecule has 0 amide bonds. The second-order valence-corrected chi connectivity index (χ2v) is 6.83. The summed E-state index contributed by atoms with van der Waals surface area (Å²) in [5.41, 5.74) is 3.43. The van der Waals surface area contributed by atoms with Gasteiger partial charge in [0.1, 0.15) is 18.1 Å². The van der Waals surface area contributed by atoms with E-state index in [0.29, 0.717) is 6.61 Å². The Balaban J connectivity index is 1.73. The molecule has 0 saturated carbocycles. The molecular weight excluding hydrogens is 326 g/mol. The number of nitrogens with zero attached hydrogens (tertiary/aromatic N) is 3. The second-order valence-electron chi connectivity index (χ2n) is 6.83. The van der Waals surface area contributed by atoms with Gasteiger partial charge >= 0.3 is 0 Å². The molecule has 1 aliphatic heterocycles. The lowest BCUT2D eigenvalue weighted by Crippen LogP contribution is -2.34. The van der Waals surface area contributed by atoms with Crippen molar-refractivity contribution in [1.82, 2.24) is 14.8 Å². The molecule has 1 aromatic carbocycles. The maximum Gasteiger partial charge on any atom is 0.127 e. The molecule has 5 nitrogen and oxygen atoms in total. The Bertz CT molecular complexity index is 744. The van der Waals surface area contributed by atoms with Gasteiger partial charge in [-0.1, -0.05) is 6.07 Å². The van der Waals surface area contributed by atoms with E-state index in [9.17, 15) is 0 Å². The summed E-state index contributed by atoms with van der Waals surface area (Å²) in [6, 6.07) is 12.0. The molecule has 0 bridgehead atoms. The smallest absolute Gasteiger partial charge is 0.127 e. The molecule has 0 unspecified atom stereocenters. The van der Waals surface area contributed by atoms with E-state index >= 15 is 0 Å². The van der Waals surface area contributed by atoms with Gasteiger partial charge in [0.25, 0.3) is 0 Å². The van der Waals surface area contributed by atoms with Gasteiger partial charge in [0, 0.05) is 37.9 Å². The highest BCUT2D eigenvalue weighted by Crippen LogP contribution is 2.30. The lowest BCUT2D eigenvalue weighted by atomic mass is 10.1. The molecule has 1 aliphatic rings. The van der Waals surface area contributed by atoms with E-state index in [0.717, 1.165) is 48.9 Å². The van der Waals surface area contributed by atoms with Crippen LogP contribution in [0.4, 0.5) is 0 Å². The Morgan fingerprint density at radius 1 is 1.12 bits per heavy atom. The molecular formula is C21H27N3O2. The third-order valence-electron chi connectivity index (χ3n) is 4.39. The molecule has 0 spiro atoms. The molecule has 26 heavy (non-hydrogen) atoms. The summed E-state index contributed by atoms with van der Waals surface area (Å²) >= 11 is 0. The quantitative estimate of drug-likeness (QED) is 0.729. The number of hydrogen-bond donors (Lipinski definition) is 0. The van der Waals surface area contributed by atoms with Gasteiger partial charge in [-0.2, -0.15) is 0 Å². The van der Waals surface area contributed by atoms with Crippen LogP contribution in [0.2, 0.25) is 0 Å². The van der Waals surface area contributed by atoms with Crippen LogP contribution in [0.15, 0.2) is 48.2 Å². The third-order valence-corrected chi connectivity index (χ3v) is 4.39. The van der Waals surface area contributed by atoms with Crippen molar-refractivity contribution in [3.63, 3.8) is 0 Å². The Morgan fingerprint density at radius 3 is 2.73 bits per heavy atom. The molecule has 0 aliphatic carbocycles. The monoisotopic (exact) mass is 353 g/mol. The van der Waals surface area contributed by atoms with Crippen LogP contribution in [-0.2, 0) is 6.54 Å². The average Bonchev–Trinajstić information content (AvgIpc) is 2.66. The number of ether oxygens (including phenoxy) is 2. The van der Waals surface area contributed by atoms with Gasteiger partial charge in [0.05, 0.1) is 12.8 Å². The minimum atomic E-state index is 0.625. The van der Waals surface area contributed by atoms with Gasteiger partial charge in [-0.3, -0.25) is 9.88 Å². The topological polar surface area (TPSA) is 37.8 Å². The molecule has 0 saturated heterocycles. The minimum absolute atomic E-state index is 0.625. The van der Waals surface area contributed by atoms with Crippen LogP contribution in [-0.4, -0.2) is 62.2 Å². The molecule has 5 heteroatoms. The van der Waals surface area contributed by atoms with Crippen molar-refractivity contribution in [3.05, 3.63) is 59.4 Å². The number of rotatable bonds is 8. The van der Waals surface area contributed by atoms with Crippen LogP contribution >= 0.6 is 0 Å². The zero-order valence-electron chi connectivity index (χ0n) is 15.8. The minimum Gasteiger partial charge on any atom is -0.497 e. The highest BCUT2D eigenvalue weighted by molar-refractivity contribution is 5.64. The summed E-state index contributed by atoms with van der Waals surface area (Å²) in [7, 11) is 5.89. The fraction of sp³-hybridized carbons (Fsp3) is 0.381. The average molecular weight is 353 g/mol. The number of aromatic nitrogens is 1. The highest BCUT2D eigenvalue weighted by atomic mass is 16.5. The standard InChI is InChI=1S/C21H27N3O2/c1-23(2)10-11-24(15-19-6-4-5-9-22-19)14-17-12-18-13-20(25-3)7-8-21(18)26-16-17/h4-9,12-13H,10-11,14-16H2,1-3H3. The lowest BCUT2D eigenvalue weighted by Gasteiger charge is -2.27. The number of fused-ring (bicyclic) bond motifs is 1. The van der Waals surface area contributed by atoms with Crippen LogP contribution in [0.25, 0.3) is 6.08 Å². The van der Waals surface area contributed by atoms with Gasteiger partial charge in [-0.25, -0.2) is 0 Å². The van der Waals surface area contributed by atoms with Crippen molar-refractivity contribution < 1.29 is 9.47 Å². The largest absolute Gasteiger partial charge is 0.497 e. The molecule has 1 aromatic heterocycles. The fourth-order valence-electron chi connectivity index (χ4n) is 2.98. The van der Waals surface area contributed by atoms with Gasteiger partial charge in [-0.15, -0.1) is 0 Å². The number of methoxy groups -OCH3 is 1. The van der Waals surface area contributed by atoms with Crippen molar-refractivity contribution in [2.75, 3.05) is 47.4 Å². The number of likely N-dealkylation sites (N-methyl/N-ethyl adjacent to an activating group) is 1. The zero-order chi connectivity index (χ0) is 18.4. The molecule has 2 aromatic rings. The summed E-state index contributed by atoms with van der Waals surface area (Å²) in [5, 5.41) is 0. The zero-order valence-corrected chi connectivity index (χ0v) is 15.8. The Kier molecular flexibility index (Phi) is 6.26. The van der Waals surface area contributed by atoms with Crippen LogP contribution in [0.3, 0.4) is 0 Å². The molecule has 0 radical (unpaired) electrons. The SMILES string of the molecule is COc1ccc2c(c1)C=C(CN(CCN(C)C)Cc1ccccn1)CO2. The molecule has 3 rings (SSSR count). The maximum absolute atomic E-state index is 5.94. The maximum atomic E-state index is 5.94. The third kappa shape index (κ3) is 5.07. The highest BCUT2D eigenvalue weighted by Gasteiger charge is 2.16. The number of pyridine rings is 1. The lowest BCUT2D eigenvalue weighted by molar-refractivity contribution is 0.236. The van der Waals surface area contributed by atoms with Crippen molar-refractivity contribution in [2.24, 2.45) is 0 Å². The molecule has 2 heterocycles. The Labute approximate surface area is 155 Å². The van der Waals surface area contributed by atoms with Gasteiger partial charge in [-0.05, 0) is 56.1 Å². The van der Waals surface area contributed by atoms with E-state index in [-0.39, 0.29) is 0 Å². The summed E-state index contributed by atoms with van der Waals surface area (Å²) in [6.45, 7) is 4.30. The van der Waals surface area contributed by atoms with E-state index in [1.54, 1.807) is 7.11 Å². The fourth-order valence-corrected chi connectivity index (χ4v) is 2.98. The predicted octanol–water partition coefficient (Wildman–Crippen LogP) is 2.93. The number of benzene rings is 1. The van der Waals surface area contributed by atoms with Crippen molar-refractivity contribution in [1.29, 1.82) is 0 Å². The van der Waals surface area contributed by atoms with E-state index < -0.39 is 0 Å². The Hall–Kier alpha value is -2.37. The Morgan fingerprint density at radius 2 is 2.00 bits per heavy atom. The van der Waals surface area contributed by atoms with Crippen molar-refractivity contribution >= 4 is 6.08 Å². The van der Waals surface area contributed by atoms with E-state index in [1.807, 2.05) is 36.5 Å². The normalized spacial score (nSPS) is 13.3. The predicted molar refractivity (Wildman–Crippen MR) is 105 cm³/mol. The van der Waals surface area contributed by atoms with Crippen molar-refractivity contribution in [3.8, 4) is 11.5 Å². The van der Waals surface area contributed by atoms with E-state index in [4.69, 9.17) is 9.47 Å².